The van der Waals surface area contributed by atoms with Crippen LogP contribution >= 0.6 is 23.4 Å². The molecule has 4 nitrogen and oxygen atoms in total. The molecule has 142 valence electrons. The van der Waals surface area contributed by atoms with E-state index < -0.39 is 0 Å². The highest BCUT2D eigenvalue weighted by molar-refractivity contribution is 8.14. The fourth-order valence-electron chi connectivity index (χ4n) is 4.17. The van der Waals surface area contributed by atoms with Crippen LogP contribution in [0.1, 0.15) is 36.1 Å². The van der Waals surface area contributed by atoms with Gasteiger partial charge in [0.15, 0.2) is 5.17 Å². The molecule has 0 unspecified atom stereocenters. The van der Waals surface area contributed by atoms with E-state index in [-0.39, 0.29) is 12.1 Å². The Hall–Kier alpha value is -2.24. The van der Waals surface area contributed by atoms with Crippen LogP contribution in [-0.2, 0) is 0 Å². The number of amidine groups is 1. The van der Waals surface area contributed by atoms with E-state index in [2.05, 4.69) is 58.6 Å². The Bertz CT molecular complexity index is 1030. The summed E-state index contributed by atoms with van der Waals surface area (Å²) >= 11 is 7.99. The fourth-order valence-corrected chi connectivity index (χ4v) is 5.39. The molecule has 4 heterocycles. The van der Waals surface area contributed by atoms with E-state index in [1.807, 2.05) is 42.2 Å². The lowest BCUT2D eigenvalue weighted by atomic mass is 10.0. The van der Waals surface area contributed by atoms with Crippen molar-refractivity contribution in [3.63, 3.8) is 0 Å². The summed E-state index contributed by atoms with van der Waals surface area (Å²) in [6, 6.07) is 18.7. The van der Waals surface area contributed by atoms with Crippen molar-refractivity contribution in [1.29, 1.82) is 0 Å². The van der Waals surface area contributed by atoms with Crippen LogP contribution in [0.4, 0.5) is 0 Å². The summed E-state index contributed by atoms with van der Waals surface area (Å²) in [5.74, 6) is 0. The Morgan fingerprint density at radius 1 is 1.07 bits per heavy atom. The largest absolute Gasteiger partial charge is 0.339 e. The lowest BCUT2D eigenvalue weighted by Crippen LogP contribution is -2.30. The van der Waals surface area contributed by atoms with Crippen LogP contribution in [0.25, 0.3) is 5.69 Å². The highest BCUT2D eigenvalue weighted by Crippen LogP contribution is 2.48. The molecule has 0 aliphatic carbocycles. The number of nitrogens with zero attached hydrogens (tertiary/aromatic N) is 4. The van der Waals surface area contributed by atoms with Crippen molar-refractivity contribution in [2.45, 2.75) is 31.2 Å². The lowest BCUT2D eigenvalue weighted by Gasteiger charge is -2.28. The first kappa shape index (κ1) is 17.8. The zero-order chi connectivity index (χ0) is 19.3. The fraction of sp³-hybridized carbons (Fsp3) is 0.273. The highest BCUT2D eigenvalue weighted by Gasteiger charge is 2.44. The average Bonchev–Trinajstić information content (AvgIpc) is 3.35. The molecule has 0 saturated carbocycles. The smallest absolute Gasteiger partial charge is 0.160 e. The van der Waals surface area contributed by atoms with Crippen LogP contribution in [-0.4, -0.2) is 31.4 Å². The molecule has 3 aromatic rings. The third kappa shape index (κ3) is 2.93. The van der Waals surface area contributed by atoms with Crippen molar-refractivity contribution in [2.24, 2.45) is 4.99 Å². The van der Waals surface area contributed by atoms with Crippen LogP contribution in [0.5, 0.6) is 0 Å². The molecular weight excluding hydrogens is 388 g/mol. The Morgan fingerprint density at radius 2 is 1.89 bits per heavy atom. The van der Waals surface area contributed by atoms with E-state index >= 15 is 0 Å². The second-order valence-electron chi connectivity index (χ2n) is 7.35. The summed E-state index contributed by atoms with van der Waals surface area (Å²) < 4.78 is 2.32. The second kappa shape index (κ2) is 6.98. The van der Waals surface area contributed by atoms with Gasteiger partial charge in [-0.1, -0.05) is 36.4 Å². The van der Waals surface area contributed by atoms with E-state index in [1.54, 1.807) is 0 Å². The van der Waals surface area contributed by atoms with Crippen LogP contribution in [0.15, 0.2) is 65.8 Å². The molecule has 0 spiro atoms. The number of hydrogen-bond acceptors (Lipinski definition) is 4. The van der Waals surface area contributed by atoms with Crippen molar-refractivity contribution >= 4 is 28.5 Å². The van der Waals surface area contributed by atoms with Gasteiger partial charge in [-0.15, -0.1) is 0 Å². The van der Waals surface area contributed by atoms with E-state index in [1.165, 1.54) is 11.4 Å². The minimum absolute atomic E-state index is 0.00319. The quantitative estimate of drug-likeness (QED) is 0.579. The Balaban J connectivity index is 1.64. The van der Waals surface area contributed by atoms with Crippen molar-refractivity contribution < 1.29 is 0 Å². The molecule has 6 heteroatoms. The predicted molar refractivity (Wildman–Crippen MR) is 116 cm³/mol. The number of benzene rings is 1. The van der Waals surface area contributed by atoms with Gasteiger partial charge in [0.2, 0.25) is 0 Å². The highest BCUT2D eigenvalue weighted by atomic mass is 35.5. The van der Waals surface area contributed by atoms with Gasteiger partial charge in [-0.05, 0) is 55.5 Å². The molecule has 2 aliphatic heterocycles. The second-order valence-corrected chi connectivity index (χ2v) is 9.19. The van der Waals surface area contributed by atoms with Crippen molar-refractivity contribution in [3.8, 4) is 5.69 Å². The number of pyridine rings is 1. The maximum absolute atomic E-state index is 6.13. The maximum atomic E-state index is 6.13. The molecular formula is C22H21ClN4S. The maximum Gasteiger partial charge on any atom is 0.160 e. The molecule has 0 radical (unpaired) electrons. The number of aromatic nitrogens is 2. The minimum atomic E-state index is -0.00319. The number of fused-ring (bicyclic) bond motifs is 1. The summed E-state index contributed by atoms with van der Waals surface area (Å²) in [5.41, 5.74) is 4.58. The standard InChI is InChI=1S/C22H21ClN4S/c1-14-6-11-19(27(14)17-9-7-16(23)8-10-17)21-20(18-5-3-4-12-24-18)25-22-26(21)13-15(2)28-22/h3-12,15,20-21H,13H2,1-2H3/t15-,20-,21+/m0/s1. The van der Waals surface area contributed by atoms with Crippen molar-refractivity contribution in [1.82, 2.24) is 14.5 Å². The first-order valence-corrected chi connectivity index (χ1v) is 10.7. The van der Waals surface area contributed by atoms with Gasteiger partial charge >= 0.3 is 0 Å². The molecule has 28 heavy (non-hydrogen) atoms. The first-order valence-electron chi connectivity index (χ1n) is 9.48. The summed E-state index contributed by atoms with van der Waals surface area (Å²) in [6.07, 6.45) is 1.86. The number of halogens is 1. The third-order valence-corrected chi connectivity index (χ3v) is 6.73. The third-order valence-electron chi connectivity index (χ3n) is 5.38. The van der Waals surface area contributed by atoms with Crippen LogP contribution in [0.2, 0.25) is 5.02 Å². The van der Waals surface area contributed by atoms with E-state index in [9.17, 15) is 0 Å². The van der Waals surface area contributed by atoms with Gasteiger partial charge < -0.3 is 9.47 Å². The van der Waals surface area contributed by atoms with Gasteiger partial charge in [-0.3, -0.25) is 9.98 Å². The Morgan fingerprint density at radius 3 is 2.64 bits per heavy atom. The monoisotopic (exact) mass is 408 g/mol. The molecule has 0 N–H and O–H groups in total. The summed E-state index contributed by atoms with van der Waals surface area (Å²) in [6.45, 7) is 5.41. The van der Waals surface area contributed by atoms with Crippen LogP contribution < -0.4 is 0 Å². The Labute approximate surface area is 174 Å². The van der Waals surface area contributed by atoms with E-state index in [0.717, 1.165) is 28.1 Å². The molecule has 3 atom stereocenters. The molecule has 1 fully saturated rings. The van der Waals surface area contributed by atoms with Gasteiger partial charge in [0.05, 0.1) is 11.7 Å². The molecule has 5 rings (SSSR count). The SMILES string of the molecule is Cc1ccc([C@@H]2[C@H](c3ccccn3)N=C3S[C@@H](C)CN32)n1-c1ccc(Cl)cc1. The molecule has 2 aliphatic rings. The van der Waals surface area contributed by atoms with Crippen LogP contribution in [0, 0.1) is 6.92 Å². The Kier molecular flexibility index (Phi) is 4.44. The number of aliphatic imine (C=N–C) groups is 1. The summed E-state index contributed by atoms with van der Waals surface area (Å²) in [5, 5.41) is 2.43. The topological polar surface area (TPSA) is 33.4 Å². The van der Waals surface area contributed by atoms with Gasteiger partial charge in [0.1, 0.15) is 6.04 Å². The van der Waals surface area contributed by atoms with Gasteiger partial charge in [0.25, 0.3) is 0 Å². The molecule has 0 bridgehead atoms. The van der Waals surface area contributed by atoms with Crippen LogP contribution in [0.3, 0.4) is 0 Å². The zero-order valence-electron chi connectivity index (χ0n) is 15.8. The number of hydrogen-bond donors (Lipinski definition) is 0. The molecule has 1 saturated heterocycles. The van der Waals surface area contributed by atoms with Gasteiger partial charge in [-0.25, -0.2) is 0 Å². The first-order chi connectivity index (χ1) is 13.6. The summed E-state index contributed by atoms with van der Waals surface area (Å²) in [4.78, 5) is 12.2. The van der Waals surface area contributed by atoms with E-state index in [4.69, 9.17) is 16.6 Å². The normalized spacial score (nSPS) is 23.8. The van der Waals surface area contributed by atoms with Crippen molar-refractivity contribution in [2.75, 3.05) is 6.54 Å². The van der Waals surface area contributed by atoms with Crippen molar-refractivity contribution in [3.05, 3.63) is 82.9 Å². The minimum Gasteiger partial charge on any atom is -0.339 e. The number of thioether (sulfide) groups is 1. The molecule has 1 aromatic carbocycles. The zero-order valence-corrected chi connectivity index (χ0v) is 17.4. The summed E-state index contributed by atoms with van der Waals surface area (Å²) in [7, 11) is 0. The average molecular weight is 409 g/mol. The van der Waals surface area contributed by atoms with Gasteiger partial charge in [0, 0.05) is 40.1 Å². The van der Waals surface area contributed by atoms with Gasteiger partial charge in [-0.2, -0.15) is 0 Å². The predicted octanol–water partition coefficient (Wildman–Crippen LogP) is 5.42. The number of aryl methyl sites for hydroxylation is 1. The molecule has 2 aromatic heterocycles. The lowest BCUT2D eigenvalue weighted by molar-refractivity contribution is 0.312. The molecule has 0 amide bonds. The number of rotatable bonds is 3. The van der Waals surface area contributed by atoms with E-state index in [0.29, 0.717) is 5.25 Å².